The predicted molar refractivity (Wildman–Crippen MR) is 105 cm³/mol. The molecule has 172 valence electrons. The van der Waals surface area contributed by atoms with Crippen LogP contribution in [-0.2, 0) is 15.8 Å². The van der Waals surface area contributed by atoms with Crippen LogP contribution in [0.5, 0.6) is 0 Å². The maximum Gasteiger partial charge on any atom is 0.431 e. The van der Waals surface area contributed by atoms with Gasteiger partial charge in [-0.1, -0.05) is 12.8 Å². The highest BCUT2D eigenvalue weighted by atomic mass is 19.4. The molecule has 1 aromatic heterocycles. The summed E-state index contributed by atoms with van der Waals surface area (Å²) < 4.78 is 38.3. The fraction of sp³-hybridized carbons (Fsp3) is 0.619. The second kappa shape index (κ2) is 8.15. The number of amides is 3. The molecule has 1 aromatic rings. The number of halogens is 3. The van der Waals surface area contributed by atoms with Crippen LogP contribution in [0.15, 0.2) is 12.1 Å². The average molecular weight is 451 g/mol. The predicted octanol–water partition coefficient (Wildman–Crippen LogP) is 2.00. The summed E-state index contributed by atoms with van der Waals surface area (Å²) in [4.78, 5) is 39.5. The van der Waals surface area contributed by atoms with Gasteiger partial charge in [-0.15, -0.1) is 0 Å². The fourth-order valence-electron chi connectivity index (χ4n) is 4.20. The van der Waals surface area contributed by atoms with Crippen LogP contribution in [0.1, 0.15) is 61.1 Å². The van der Waals surface area contributed by atoms with Crippen LogP contribution in [0.2, 0.25) is 0 Å². The third-order valence-electron chi connectivity index (χ3n) is 6.37. The molecule has 1 saturated heterocycles. The maximum absolute atomic E-state index is 12.8. The second-order valence-electron chi connectivity index (χ2n) is 9.09. The highest BCUT2D eigenvalue weighted by Gasteiger charge is 2.52. The van der Waals surface area contributed by atoms with Crippen LogP contribution in [0.25, 0.3) is 0 Å². The Bertz CT molecular complexity index is 959. The lowest BCUT2D eigenvalue weighted by Crippen LogP contribution is -2.50. The number of aromatic nitrogens is 1. The van der Waals surface area contributed by atoms with Crippen molar-refractivity contribution in [3.63, 3.8) is 0 Å². The molecule has 0 radical (unpaired) electrons. The van der Waals surface area contributed by atoms with Crippen molar-refractivity contribution in [3.05, 3.63) is 23.5 Å². The van der Waals surface area contributed by atoms with Gasteiger partial charge in [0, 0.05) is 11.5 Å². The van der Waals surface area contributed by atoms with Gasteiger partial charge in [-0.2, -0.15) is 18.4 Å². The van der Waals surface area contributed by atoms with Crippen LogP contribution in [-0.4, -0.2) is 40.3 Å². The first kappa shape index (κ1) is 22.2. The number of hydrogen-bond donors (Lipinski definition) is 4. The topological polar surface area (TPSA) is 127 Å². The summed E-state index contributed by atoms with van der Waals surface area (Å²) in [6.07, 6.45) is 0.150. The van der Waals surface area contributed by atoms with Gasteiger partial charge >= 0.3 is 6.18 Å². The normalized spacial score (nSPS) is 23.2. The van der Waals surface area contributed by atoms with E-state index in [4.69, 9.17) is 0 Å². The lowest BCUT2D eigenvalue weighted by atomic mass is 9.95. The Kier molecular flexibility index (Phi) is 5.65. The lowest BCUT2D eigenvalue weighted by molar-refractivity contribution is -0.140. The van der Waals surface area contributed by atoms with E-state index in [1.165, 1.54) is 0 Å². The number of alkyl halides is 3. The number of rotatable bonds is 8. The van der Waals surface area contributed by atoms with Crippen LogP contribution in [0.4, 0.5) is 13.2 Å². The largest absolute Gasteiger partial charge is 0.431 e. The number of H-pyrrole nitrogens is 1. The first-order valence-electron chi connectivity index (χ1n) is 10.7. The highest BCUT2D eigenvalue weighted by Crippen LogP contribution is 2.46. The standard InChI is InChI=1S/C21H24F3N5O3/c22-21(23,24)16-4-3-14(27-16)18(31)28-15(7-11-1-2-11)19(32)26-13(10-25)8-12-9-20(5-6-20)29-17(12)30/h3-4,11-13,15,27H,1-2,5-9H2,(H,26,32)(H,28,31)(H,29,30). The van der Waals surface area contributed by atoms with Crippen molar-refractivity contribution in [2.75, 3.05) is 0 Å². The fourth-order valence-corrected chi connectivity index (χ4v) is 4.20. The number of carbonyl (C=O) groups excluding carboxylic acids is 3. The van der Waals surface area contributed by atoms with Crippen molar-refractivity contribution in [1.29, 1.82) is 5.26 Å². The van der Waals surface area contributed by atoms with Crippen LogP contribution in [0.3, 0.4) is 0 Å². The van der Waals surface area contributed by atoms with Gasteiger partial charge in [-0.05, 0) is 50.2 Å². The summed E-state index contributed by atoms with van der Waals surface area (Å²) in [5.41, 5.74) is -1.50. The van der Waals surface area contributed by atoms with Crippen LogP contribution < -0.4 is 16.0 Å². The van der Waals surface area contributed by atoms with E-state index in [1.54, 1.807) is 0 Å². The zero-order chi connectivity index (χ0) is 23.1. The quantitative estimate of drug-likeness (QED) is 0.482. The molecule has 11 heteroatoms. The van der Waals surface area contributed by atoms with Crippen molar-refractivity contribution in [1.82, 2.24) is 20.9 Å². The molecule has 2 saturated carbocycles. The molecule has 32 heavy (non-hydrogen) atoms. The number of carbonyl (C=O) groups is 3. The Hall–Kier alpha value is -3.03. The third-order valence-corrected chi connectivity index (χ3v) is 6.37. The van der Waals surface area contributed by atoms with E-state index in [0.717, 1.165) is 37.8 Å². The van der Waals surface area contributed by atoms with Gasteiger partial charge in [0.1, 0.15) is 23.5 Å². The summed E-state index contributed by atoms with van der Waals surface area (Å²) in [5.74, 6) is -1.67. The van der Waals surface area contributed by atoms with Gasteiger partial charge in [0.2, 0.25) is 11.8 Å². The molecule has 0 bridgehead atoms. The van der Waals surface area contributed by atoms with Crippen molar-refractivity contribution < 1.29 is 27.6 Å². The minimum atomic E-state index is -4.62. The van der Waals surface area contributed by atoms with Gasteiger partial charge in [0.05, 0.1) is 6.07 Å². The average Bonchev–Trinajstić information content (AvgIpc) is 3.60. The summed E-state index contributed by atoms with van der Waals surface area (Å²) in [5, 5.41) is 17.5. The molecule has 8 nitrogen and oxygen atoms in total. The summed E-state index contributed by atoms with van der Waals surface area (Å²) in [6, 6.07) is 1.87. The molecule has 0 aromatic carbocycles. The summed E-state index contributed by atoms with van der Waals surface area (Å²) in [7, 11) is 0. The SMILES string of the molecule is N#CC(CC1CC2(CC2)NC1=O)NC(=O)C(CC1CC1)NC(=O)c1ccc(C(F)(F)F)[nH]1. The van der Waals surface area contributed by atoms with Gasteiger partial charge < -0.3 is 20.9 Å². The molecular formula is C21H24F3N5O3. The number of nitrogens with zero attached hydrogens (tertiary/aromatic N) is 1. The Morgan fingerprint density at radius 1 is 1.22 bits per heavy atom. The van der Waals surface area contributed by atoms with Gasteiger partial charge in [-0.3, -0.25) is 14.4 Å². The molecule has 3 unspecified atom stereocenters. The Morgan fingerprint density at radius 3 is 2.47 bits per heavy atom. The lowest BCUT2D eigenvalue weighted by Gasteiger charge is -2.21. The van der Waals surface area contributed by atoms with E-state index in [1.807, 2.05) is 11.1 Å². The van der Waals surface area contributed by atoms with E-state index >= 15 is 0 Å². The van der Waals surface area contributed by atoms with E-state index in [2.05, 4.69) is 16.0 Å². The highest BCUT2D eigenvalue weighted by molar-refractivity contribution is 5.96. The first-order chi connectivity index (χ1) is 15.1. The molecular weight excluding hydrogens is 427 g/mol. The number of aromatic amines is 1. The van der Waals surface area contributed by atoms with E-state index in [0.29, 0.717) is 12.8 Å². The molecule has 3 fully saturated rings. The molecule has 3 atom stereocenters. The van der Waals surface area contributed by atoms with E-state index in [9.17, 15) is 32.8 Å². The van der Waals surface area contributed by atoms with E-state index in [-0.39, 0.29) is 35.4 Å². The first-order valence-corrected chi connectivity index (χ1v) is 10.7. The molecule has 4 rings (SSSR count). The van der Waals surface area contributed by atoms with Crippen molar-refractivity contribution in [3.8, 4) is 6.07 Å². The monoisotopic (exact) mass is 451 g/mol. The summed E-state index contributed by atoms with van der Waals surface area (Å²) >= 11 is 0. The van der Waals surface area contributed by atoms with Crippen molar-refractivity contribution in [2.45, 2.75) is 68.7 Å². The van der Waals surface area contributed by atoms with E-state index < -0.39 is 35.8 Å². The minimum absolute atomic E-state index is 0.118. The Balaban J connectivity index is 1.37. The zero-order valence-corrected chi connectivity index (χ0v) is 17.2. The number of nitriles is 1. The molecule has 2 aliphatic carbocycles. The minimum Gasteiger partial charge on any atom is -0.350 e. The van der Waals surface area contributed by atoms with Crippen molar-refractivity contribution >= 4 is 17.7 Å². The Labute approximate surface area is 182 Å². The van der Waals surface area contributed by atoms with Crippen LogP contribution in [0, 0.1) is 23.2 Å². The van der Waals surface area contributed by atoms with Crippen molar-refractivity contribution in [2.24, 2.45) is 11.8 Å². The third kappa shape index (κ3) is 5.06. The van der Waals surface area contributed by atoms with Gasteiger partial charge in [0.15, 0.2) is 0 Å². The molecule has 3 aliphatic rings. The second-order valence-corrected chi connectivity index (χ2v) is 9.09. The molecule has 1 spiro atoms. The number of hydrogen-bond acceptors (Lipinski definition) is 4. The van der Waals surface area contributed by atoms with Crippen LogP contribution >= 0.6 is 0 Å². The number of nitrogens with one attached hydrogen (secondary N) is 4. The van der Waals surface area contributed by atoms with Gasteiger partial charge in [-0.25, -0.2) is 0 Å². The smallest absolute Gasteiger partial charge is 0.350 e. The molecule has 4 N–H and O–H groups in total. The summed E-state index contributed by atoms with van der Waals surface area (Å²) in [6.45, 7) is 0. The molecule has 2 heterocycles. The zero-order valence-electron chi connectivity index (χ0n) is 17.2. The van der Waals surface area contributed by atoms with Gasteiger partial charge in [0.25, 0.3) is 5.91 Å². The maximum atomic E-state index is 12.8. The molecule has 3 amide bonds. The Morgan fingerprint density at radius 2 is 1.94 bits per heavy atom. The molecule has 1 aliphatic heterocycles.